The molecule has 0 saturated carbocycles. The molecule has 0 aliphatic carbocycles. The summed E-state index contributed by atoms with van der Waals surface area (Å²) in [6.07, 6.45) is 0. The summed E-state index contributed by atoms with van der Waals surface area (Å²) >= 11 is 12.4. The van der Waals surface area contributed by atoms with Gasteiger partial charge in [0.05, 0.1) is 39.2 Å². The predicted octanol–water partition coefficient (Wildman–Crippen LogP) is 5.67. The van der Waals surface area contributed by atoms with Crippen LogP contribution in [0.4, 0.5) is 0 Å². The van der Waals surface area contributed by atoms with Crippen molar-refractivity contribution in [1.82, 2.24) is 9.55 Å². The van der Waals surface area contributed by atoms with Gasteiger partial charge in [-0.05, 0) is 45.4 Å². The second-order valence-electron chi connectivity index (χ2n) is 7.69. The standard InChI is InChI=1S/C22H24Cl2N2O2/c1-5-26-19-12-17(24)16(23)11-18(19)25-20(21(26)27)15(13-28-22(2,3)4)14-9-7-6-8-10-14/h6-12,15H,5,13H2,1-4H3. The summed E-state index contributed by atoms with van der Waals surface area (Å²) < 4.78 is 7.74. The first-order chi connectivity index (χ1) is 13.2. The Hall–Kier alpha value is -1.88. The van der Waals surface area contributed by atoms with Gasteiger partial charge in [0, 0.05) is 6.54 Å². The molecule has 28 heavy (non-hydrogen) atoms. The number of halogens is 2. The van der Waals surface area contributed by atoms with E-state index in [2.05, 4.69) is 0 Å². The van der Waals surface area contributed by atoms with Gasteiger partial charge in [0.25, 0.3) is 5.56 Å². The van der Waals surface area contributed by atoms with Gasteiger partial charge in [-0.15, -0.1) is 0 Å². The van der Waals surface area contributed by atoms with E-state index >= 15 is 0 Å². The van der Waals surface area contributed by atoms with Crippen LogP contribution in [0.15, 0.2) is 47.3 Å². The van der Waals surface area contributed by atoms with Crippen molar-refractivity contribution < 1.29 is 4.74 Å². The first-order valence-electron chi connectivity index (χ1n) is 9.29. The fourth-order valence-corrected chi connectivity index (χ4v) is 3.47. The lowest BCUT2D eigenvalue weighted by Gasteiger charge is -2.25. The molecule has 0 bridgehead atoms. The molecule has 0 spiro atoms. The molecular weight excluding hydrogens is 395 g/mol. The molecule has 2 aromatic carbocycles. The van der Waals surface area contributed by atoms with Crippen LogP contribution in [0, 0.1) is 0 Å². The van der Waals surface area contributed by atoms with Crippen molar-refractivity contribution in [1.29, 1.82) is 0 Å². The molecule has 0 amide bonds. The molecule has 6 heteroatoms. The average Bonchev–Trinajstić information content (AvgIpc) is 2.64. The monoisotopic (exact) mass is 418 g/mol. The Kier molecular flexibility index (Phi) is 6.13. The van der Waals surface area contributed by atoms with Crippen molar-refractivity contribution >= 4 is 34.2 Å². The normalized spacial score (nSPS) is 13.1. The van der Waals surface area contributed by atoms with Crippen LogP contribution in [0.2, 0.25) is 10.0 Å². The Morgan fingerprint density at radius 3 is 2.36 bits per heavy atom. The molecule has 0 fully saturated rings. The third kappa shape index (κ3) is 4.40. The molecule has 0 saturated heterocycles. The summed E-state index contributed by atoms with van der Waals surface area (Å²) in [7, 11) is 0. The molecule has 3 rings (SSSR count). The lowest BCUT2D eigenvalue weighted by atomic mass is 9.96. The van der Waals surface area contributed by atoms with Crippen molar-refractivity contribution in [2.45, 2.75) is 45.8 Å². The molecular formula is C22H24Cl2N2O2. The Bertz CT molecular complexity index is 1040. The van der Waals surface area contributed by atoms with E-state index in [0.29, 0.717) is 39.9 Å². The van der Waals surface area contributed by atoms with Crippen LogP contribution in [0.5, 0.6) is 0 Å². The minimum atomic E-state index is -0.329. The molecule has 1 heterocycles. The zero-order chi connectivity index (χ0) is 20.5. The molecule has 1 aromatic heterocycles. The first kappa shape index (κ1) is 20.8. The van der Waals surface area contributed by atoms with Crippen LogP contribution < -0.4 is 5.56 Å². The molecule has 0 aliphatic heterocycles. The van der Waals surface area contributed by atoms with Crippen LogP contribution in [0.3, 0.4) is 0 Å². The molecule has 0 N–H and O–H groups in total. The maximum atomic E-state index is 13.3. The highest BCUT2D eigenvalue weighted by atomic mass is 35.5. The summed E-state index contributed by atoms with van der Waals surface area (Å²) in [5.74, 6) is -0.287. The quantitative estimate of drug-likeness (QED) is 0.535. The number of benzene rings is 2. The number of hydrogen-bond donors (Lipinski definition) is 0. The summed E-state index contributed by atoms with van der Waals surface area (Å²) in [6, 6.07) is 13.3. The van der Waals surface area contributed by atoms with Crippen molar-refractivity contribution in [3.05, 3.63) is 74.1 Å². The van der Waals surface area contributed by atoms with E-state index in [1.807, 2.05) is 58.0 Å². The van der Waals surface area contributed by atoms with Gasteiger partial charge in [-0.3, -0.25) is 4.79 Å². The number of rotatable bonds is 5. The molecule has 1 atom stereocenters. The van der Waals surface area contributed by atoms with Crippen LogP contribution >= 0.6 is 23.2 Å². The third-order valence-corrected chi connectivity index (χ3v) is 5.27. The number of aromatic nitrogens is 2. The lowest BCUT2D eigenvalue weighted by molar-refractivity contribution is -0.00716. The van der Waals surface area contributed by atoms with Crippen molar-refractivity contribution in [3.8, 4) is 0 Å². The molecule has 4 nitrogen and oxygen atoms in total. The summed E-state index contributed by atoms with van der Waals surface area (Å²) in [5.41, 5.74) is 2.28. The summed E-state index contributed by atoms with van der Waals surface area (Å²) in [6.45, 7) is 8.77. The SMILES string of the molecule is CCn1c(=O)c(C(COC(C)(C)C)c2ccccc2)nc2cc(Cl)c(Cl)cc21. The number of hydrogen-bond acceptors (Lipinski definition) is 3. The van der Waals surface area contributed by atoms with E-state index in [0.717, 1.165) is 5.56 Å². The van der Waals surface area contributed by atoms with Crippen molar-refractivity contribution in [2.75, 3.05) is 6.61 Å². The fourth-order valence-electron chi connectivity index (χ4n) is 3.15. The summed E-state index contributed by atoms with van der Waals surface area (Å²) in [4.78, 5) is 18.0. The van der Waals surface area contributed by atoms with Gasteiger partial charge < -0.3 is 9.30 Å². The van der Waals surface area contributed by atoms with E-state index in [1.54, 1.807) is 16.7 Å². The Morgan fingerprint density at radius 1 is 1.11 bits per heavy atom. The highest BCUT2D eigenvalue weighted by Crippen LogP contribution is 2.29. The van der Waals surface area contributed by atoms with Gasteiger partial charge >= 0.3 is 0 Å². The van der Waals surface area contributed by atoms with E-state index in [4.69, 9.17) is 32.9 Å². The molecule has 1 unspecified atom stereocenters. The number of ether oxygens (including phenoxy) is 1. The highest BCUT2D eigenvalue weighted by molar-refractivity contribution is 6.42. The van der Waals surface area contributed by atoms with Gasteiger partial charge in [0.2, 0.25) is 0 Å². The van der Waals surface area contributed by atoms with Gasteiger partial charge in [-0.25, -0.2) is 4.98 Å². The largest absolute Gasteiger partial charge is 0.375 e. The van der Waals surface area contributed by atoms with Gasteiger partial charge in [0.1, 0.15) is 5.69 Å². The minimum absolute atomic E-state index is 0.139. The first-order valence-corrected chi connectivity index (χ1v) is 10.0. The van der Waals surface area contributed by atoms with E-state index < -0.39 is 0 Å². The maximum absolute atomic E-state index is 13.3. The fraction of sp³-hybridized carbons (Fsp3) is 0.364. The van der Waals surface area contributed by atoms with Gasteiger partial charge in [-0.2, -0.15) is 0 Å². The predicted molar refractivity (Wildman–Crippen MR) is 116 cm³/mol. The Morgan fingerprint density at radius 2 is 1.75 bits per heavy atom. The number of nitrogens with zero attached hydrogens (tertiary/aromatic N) is 2. The molecule has 0 radical (unpaired) electrons. The van der Waals surface area contributed by atoms with Gasteiger partial charge in [0.15, 0.2) is 0 Å². The number of fused-ring (bicyclic) bond motifs is 1. The zero-order valence-corrected chi connectivity index (χ0v) is 18.0. The van der Waals surface area contributed by atoms with Crippen LogP contribution in [-0.4, -0.2) is 21.8 Å². The minimum Gasteiger partial charge on any atom is -0.375 e. The third-order valence-electron chi connectivity index (χ3n) is 4.54. The van der Waals surface area contributed by atoms with Crippen LogP contribution in [-0.2, 0) is 11.3 Å². The Balaban J connectivity index is 2.23. The van der Waals surface area contributed by atoms with Crippen molar-refractivity contribution in [3.63, 3.8) is 0 Å². The second-order valence-corrected chi connectivity index (χ2v) is 8.50. The highest BCUT2D eigenvalue weighted by Gasteiger charge is 2.24. The van der Waals surface area contributed by atoms with E-state index in [1.165, 1.54) is 0 Å². The topological polar surface area (TPSA) is 44.1 Å². The van der Waals surface area contributed by atoms with Crippen molar-refractivity contribution in [2.24, 2.45) is 0 Å². The maximum Gasteiger partial charge on any atom is 0.273 e. The lowest BCUT2D eigenvalue weighted by Crippen LogP contribution is -2.31. The molecule has 3 aromatic rings. The van der Waals surface area contributed by atoms with E-state index in [-0.39, 0.29) is 17.1 Å². The second kappa shape index (κ2) is 8.24. The molecule has 0 aliphatic rings. The molecule has 148 valence electrons. The average molecular weight is 419 g/mol. The van der Waals surface area contributed by atoms with E-state index in [9.17, 15) is 4.79 Å². The Labute approximate surface area is 175 Å². The van der Waals surface area contributed by atoms with Crippen LogP contribution in [0.1, 0.15) is 44.9 Å². The van der Waals surface area contributed by atoms with Gasteiger partial charge in [-0.1, -0.05) is 53.5 Å². The number of aryl methyl sites for hydroxylation is 1. The summed E-state index contributed by atoms with van der Waals surface area (Å²) in [5, 5.41) is 0.817. The van der Waals surface area contributed by atoms with Crippen LogP contribution in [0.25, 0.3) is 11.0 Å². The smallest absolute Gasteiger partial charge is 0.273 e. The zero-order valence-electron chi connectivity index (χ0n) is 16.5.